The lowest BCUT2D eigenvalue weighted by Gasteiger charge is -2.19. The molecule has 0 radical (unpaired) electrons. The number of alkyl halides is 1. The van der Waals surface area contributed by atoms with Crippen LogP contribution >= 0.6 is 0 Å². The summed E-state index contributed by atoms with van der Waals surface area (Å²) in [6.07, 6.45) is -2.35. The molecule has 1 rings (SSSR count). The molecule has 2 atom stereocenters. The van der Waals surface area contributed by atoms with Gasteiger partial charge >= 0.3 is 5.69 Å². The van der Waals surface area contributed by atoms with Crippen LogP contribution in [0.3, 0.4) is 0 Å². The highest BCUT2D eigenvalue weighted by molar-refractivity contribution is 5.01. The number of hydrogen-bond donors (Lipinski definition) is 2. The second-order valence-electron chi connectivity index (χ2n) is 3.52. The minimum absolute atomic E-state index is 0.223. The van der Waals surface area contributed by atoms with E-state index in [1.54, 1.807) is 6.07 Å². The van der Waals surface area contributed by atoms with Crippen molar-refractivity contribution in [2.75, 3.05) is 6.61 Å². The van der Waals surface area contributed by atoms with Gasteiger partial charge in [0.1, 0.15) is 0 Å². The maximum atomic E-state index is 12.9. The molecule has 0 amide bonds. The zero-order valence-electron chi connectivity index (χ0n) is 9.59. The van der Waals surface area contributed by atoms with E-state index < -0.39 is 30.4 Å². The first-order chi connectivity index (χ1) is 8.49. The monoisotopic (exact) mass is 257 g/mol. The first-order valence-electron chi connectivity index (χ1n) is 5.09. The lowest BCUT2D eigenvalue weighted by molar-refractivity contribution is -0.135. The Balaban J connectivity index is 3.14. The Bertz CT molecular complexity index is 559. The number of aliphatic hydroxyl groups excluding tert-OH is 1. The molecule has 0 bridgehead atoms. The van der Waals surface area contributed by atoms with Crippen LogP contribution in [0.4, 0.5) is 4.39 Å². The fourth-order valence-electron chi connectivity index (χ4n) is 1.30. The van der Waals surface area contributed by atoms with Gasteiger partial charge in [0.05, 0.1) is 19.1 Å². The molecule has 1 heterocycles. The van der Waals surface area contributed by atoms with Gasteiger partial charge in [-0.05, 0) is 6.92 Å². The van der Waals surface area contributed by atoms with Crippen molar-refractivity contribution in [1.29, 1.82) is 5.26 Å². The number of hydrogen-bond acceptors (Lipinski definition) is 5. The Morgan fingerprint density at radius 3 is 2.89 bits per heavy atom. The summed E-state index contributed by atoms with van der Waals surface area (Å²) in [7, 11) is 0. The number of nitriles is 1. The molecule has 98 valence electrons. The van der Waals surface area contributed by atoms with Gasteiger partial charge in [-0.3, -0.25) is 14.3 Å². The van der Waals surface area contributed by atoms with Crippen LogP contribution in [0.15, 0.2) is 15.8 Å². The molecule has 1 aromatic rings. The van der Waals surface area contributed by atoms with Gasteiger partial charge in [0.2, 0.25) is 6.36 Å². The fourth-order valence-corrected chi connectivity index (χ4v) is 1.30. The van der Waals surface area contributed by atoms with Gasteiger partial charge < -0.3 is 9.84 Å². The highest BCUT2D eigenvalue weighted by Crippen LogP contribution is 2.13. The Morgan fingerprint density at radius 2 is 2.33 bits per heavy atom. The molecule has 2 N–H and O–H groups in total. The third-order valence-corrected chi connectivity index (χ3v) is 2.17. The van der Waals surface area contributed by atoms with Crippen molar-refractivity contribution in [2.45, 2.75) is 25.9 Å². The van der Waals surface area contributed by atoms with Gasteiger partial charge in [0, 0.05) is 11.8 Å². The molecule has 7 nitrogen and oxygen atoms in total. The molecular formula is C10H12FN3O4. The van der Waals surface area contributed by atoms with Crippen molar-refractivity contribution < 1.29 is 14.2 Å². The van der Waals surface area contributed by atoms with Crippen molar-refractivity contribution in [3.63, 3.8) is 0 Å². The van der Waals surface area contributed by atoms with E-state index in [2.05, 4.69) is 0 Å². The van der Waals surface area contributed by atoms with Gasteiger partial charge in [0.25, 0.3) is 5.56 Å². The van der Waals surface area contributed by atoms with E-state index in [-0.39, 0.29) is 12.0 Å². The molecule has 0 saturated heterocycles. The summed E-state index contributed by atoms with van der Waals surface area (Å²) in [5.74, 6) is 0. The molecule has 0 aromatic carbocycles. The molecule has 0 aliphatic heterocycles. The van der Waals surface area contributed by atoms with Crippen molar-refractivity contribution in [1.82, 2.24) is 9.55 Å². The lowest BCUT2D eigenvalue weighted by atomic mass is 10.3. The Labute approximate surface area is 101 Å². The highest BCUT2D eigenvalue weighted by Gasteiger charge is 2.18. The van der Waals surface area contributed by atoms with Crippen molar-refractivity contribution in [3.05, 3.63) is 32.6 Å². The second-order valence-corrected chi connectivity index (χ2v) is 3.52. The third kappa shape index (κ3) is 3.26. The Morgan fingerprint density at radius 1 is 1.67 bits per heavy atom. The summed E-state index contributed by atoms with van der Waals surface area (Å²) in [6, 6.07) is 1.73. The van der Waals surface area contributed by atoms with E-state index in [1.807, 2.05) is 4.98 Å². The SMILES string of the molecule is Cc1cn(C(CC#N)OC(F)CO)c(=O)[nH]c1=O. The van der Waals surface area contributed by atoms with Gasteiger partial charge in [-0.2, -0.15) is 5.26 Å². The highest BCUT2D eigenvalue weighted by atomic mass is 19.1. The first-order valence-corrected chi connectivity index (χ1v) is 5.09. The molecule has 0 aliphatic carbocycles. The molecule has 18 heavy (non-hydrogen) atoms. The standard InChI is InChI=1S/C10H12FN3O4/c1-6-4-14(10(17)13-9(6)16)8(2-3-12)18-7(11)5-15/h4,7-8,15H,2,5H2,1H3,(H,13,16,17). The van der Waals surface area contributed by atoms with E-state index >= 15 is 0 Å². The van der Waals surface area contributed by atoms with Crippen LogP contribution in [-0.2, 0) is 4.74 Å². The van der Waals surface area contributed by atoms with Crippen LogP contribution in [-0.4, -0.2) is 27.6 Å². The quantitative estimate of drug-likeness (QED) is 0.743. The van der Waals surface area contributed by atoms with Crippen molar-refractivity contribution >= 4 is 0 Å². The predicted octanol–water partition coefficient (Wildman–Crippen LogP) is -0.438. The van der Waals surface area contributed by atoms with E-state index in [0.29, 0.717) is 0 Å². The molecule has 0 spiro atoms. The maximum Gasteiger partial charge on any atom is 0.330 e. The van der Waals surface area contributed by atoms with E-state index in [4.69, 9.17) is 15.1 Å². The van der Waals surface area contributed by atoms with Crippen LogP contribution in [0.1, 0.15) is 18.2 Å². The van der Waals surface area contributed by atoms with Crippen molar-refractivity contribution in [3.8, 4) is 6.07 Å². The molecule has 1 aromatic heterocycles. The summed E-state index contributed by atoms with van der Waals surface area (Å²) >= 11 is 0. The average molecular weight is 257 g/mol. The number of nitrogens with one attached hydrogen (secondary N) is 1. The number of aromatic amines is 1. The van der Waals surface area contributed by atoms with E-state index in [9.17, 15) is 14.0 Å². The van der Waals surface area contributed by atoms with Gasteiger partial charge in [-0.15, -0.1) is 0 Å². The minimum Gasteiger partial charge on any atom is -0.391 e. The summed E-state index contributed by atoms with van der Waals surface area (Å²) in [4.78, 5) is 24.7. The number of aromatic nitrogens is 2. The normalized spacial score (nSPS) is 13.9. The smallest absolute Gasteiger partial charge is 0.330 e. The number of rotatable bonds is 5. The minimum atomic E-state index is -2.01. The molecule has 0 saturated carbocycles. The number of halogens is 1. The zero-order valence-corrected chi connectivity index (χ0v) is 9.59. The zero-order chi connectivity index (χ0) is 13.7. The summed E-state index contributed by atoms with van der Waals surface area (Å²) < 4.78 is 18.5. The number of aryl methyl sites for hydroxylation is 1. The number of nitrogens with zero attached hydrogens (tertiary/aromatic N) is 2. The lowest BCUT2D eigenvalue weighted by Crippen LogP contribution is -2.35. The second kappa shape index (κ2) is 6.09. The molecule has 8 heteroatoms. The van der Waals surface area contributed by atoms with Gasteiger partial charge in [-0.25, -0.2) is 9.18 Å². The summed E-state index contributed by atoms with van der Waals surface area (Å²) in [5, 5.41) is 17.1. The molecule has 2 unspecified atom stereocenters. The third-order valence-electron chi connectivity index (χ3n) is 2.17. The number of aliphatic hydroxyl groups is 1. The largest absolute Gasteiger partial charge is 0.391 e. The first kappa shape index (κ1) is 14.1. The fraction of sp³-hybridized carbons (Fsp3) is 0.500. The van der Waals surface area contributed by atoms with Crippen LogP contribution in [0, 0.1) is 18.3 Å². The number of H-pyrrole nitrogens is 1. The molecule has 0 fully saturated rings. The Hall–Kier alpha value is -1.98. The van der Waals surface area contributed by atoms with Gasteiger partial charge in [-0.1, -0.05) is 0 Å². The average Bonchev–Trinajstić information content (AvgIpc) is 2.33. The van der Waals surface area contributed by atoms with E-state index in [0.717, 1.165) is 4.57 Å². The predicted molar refractivity (Wildman–Crippen MR) is 58.4 cm³/mol. The topological polar surface area (TPSA) is 108 Å². The van der Waals surface area contributed by atoms with Gasteiger partial charge in [0.15, 0.2) is 6.23 Å². The maximum absolute atomic E-state index is 12.9. The van der Waals surface area contributed by atoms with Crippen LogP contribution in [0.2, 0.25) is 0 Å². The summed E-state index contributed by atoms with van der Waals surface area (Å²) in [6.45, 7) is 0.566. The van der Waals surface area contributed by atoms with Crippen molar-refractivity contribution in [2.24, 2.45) is 0 Å². The number of ether oxygens (including phenoxy) is 1. The summed E-state index contributed by atoms with van der Waals surface area (Å²) in [5.41, 5.74) is -1.15. The van der Waals surface area contributed by atoms with Crippen LogP contribution in [0.25, 0.3) is 0 Å². The Kier molecular flexibility index (Phi) is 4.76. The molecule has 0 aliphatic rings. The molecular weight excluding hydrogens is 245 g/mol. The van der Waals surface area contributed by atoms with Crippen LogP contribution < -0.4 is 11.2 Å². The van der Waals surface area contributed by atoms with E-state index in [1.165, 1.54) is 13.1 Å². The van der Waals surface area contributed by atoms with Crippen LogP contribution in [0.5, 0.6) is 0 Å².